The molecule has 90 valence electrons. The monoisotopic (exact) mass is 220 g/mol. The smallest absolute Gasteiger partial charge is 0.0669 e. The van der Waals surface area contributed by atoms with Crippen molar-refractivity contribution in [1.29, 1.82) is 0 Å². The maximum absolute atomic E-state index is 10.7. The highest BCUT2D eigenvalue weighted by Crippen LogP contribution is 2.76. The molecule has 2 bridgehead atoms. The minimum atomic E-state index is -0.149. The zero-order valence-electron chi connectivity index (χ0n) is 10.8. The second-order valence-electron chi connectivity index (χ2n) is 7.10. The Bertz CT molecular complexity index is 360. The van der Waals surface area contributed by atoms with Gasteiger partial charge in [-0.3, -0.25) is 0 Å². The van der Waals surface area contributed by atoms with Crippen LogP contribution < -0.4 is 0 Å². The van der Waals surface area contributed by atoms with Gasteiger partial charge in [-0.1, -0.05) is 39.3 Å². The van der Waals surface area contributed by atoms with Gasteiger partial charge in [-0.15, -0.1) is 0 Å². The molecule has 3 aliphatic carbocycles. The van der Waals surface area contributed by atoms with Crippen LogP contribution in [0.25, 0.3) is 0 Å². The van der Waals surface area contributed by atoms with Crippen molar-refractivity contribution in [3.63, 3.8) is 0 Å². The van der Waals surface area contributed by atoms with Gasteiger partial charge in [-0.25, -0.2) is 0 Å². The normalized spacial score (nSPS) is 60.1. The van der Waals surface area contributed by atoms with Gasteiger partial charge >= 0.3 is 0 Å². The van der Waals surface area contributed by atoms with E-state index in [1.165, 1.54) is 24.8 Å². The van der Waals surface area contributed by atoms with Crippen molar-refractivity contribution in [3.05, 3.63) is 12.2 Å². The van der Waals surface area contributed by atoms with Gasteiger partial charge in [0.15, 0.2) is 0 Å². The molecule has 5 atom stereocenters. The molecule has 1 N–H and O–H groups in total. The van der Waals surface area contributed by atoms with Crippen molar-refractivity contribution < 1.29 is 5.11 Å². The predicted molar refractivity (Wildman–Crippen MR) is 66.0 cm³/mol. The van der Waals surface area contributed by atoms with E-state index in [0.717, 1.165) is 12.8 Å². The third kappa shape index (κ3) is 0.827. The quantitative estimate of drug-likeness (QED) is 0.619. The molecule has 0 amide bonds. The number of hydrogen-bond donors (Lipinski definition) is 1. The summed E-state index contributed by atoms with van der Waals surface area (Å²) in [5.41, 5.74) is 2.07. The molecule has 0 spiro atoms. The fourth-order valence-electron chi connectivity index (χ4n) is 5.52. The van der Waals surface area contributed by atoms with Crippen molar-refractivity contribution in [2.24, 2.45) is 22.2 Å². The van der Waals surface area contributed by atoms with Crippen LogP contribution in [0.3, 0.4) is 0 Å². The summed E-state index contributed by atoms with van der Waals surface area (Å²) in [4.78, 5) is 0. The minimum Gasteiger partial charge on any atom is -0.392 e. The Kier molecular flexibility index (Phi) is 1.86. The predicted octanol–water partition coefficient (Wildman–Crippen LogP) is 3.53. The Morgan fingerprint density at radius 1 is 1.12 bits per heavy atom. The van der Waals surface area contributed by atoms with E-state index in [-0.39, 0.29) is 11.5 Å². The summed E-state index contributed by atoms with van der Waals surface area (Å²) in [5, 5.41) is 10.7. The van der Waals surface area contributed by atoms with Crippen LogP contribution in [-0.2, 0) is 0 Å². The molecule has 3 saturated carbocycles. The van der Waals surface area contributed by atoms with Gasteiger partial charge in [0.1, 0.15) is 0 Å². The van der Waals surface area contributed by atoms with Crippen molar-refractivity contribution in [2.45, 2.75) is 59.0 Å². The lowest BCUT2D eigenvalue weighted by Gasteiger charge is -2.46. The number of rotatable bonds is 0. The van der Waals surface area contributed by atoms with Crippen LogP contribution in [0.15, 0.2) is 12.2 Å². The second kappa shape index (κ2) is 2.75. The van der Waals surface area contributed by atoms with E-state index >= 15 is 0 Å². The van der Waals surface area contributed by atoms with Gasteiger partial charge in [0, 0.05) is 11.3 Å². The Balaban J connectivity index is 2.21. The Morgan fingerprint density at radius 2 is 1.81 bits per heavy atom. The summed E-state index contributed by atoms with van der Waals surface area (Å²) in [6.07, 6.45) is 6.02. The molecule has 0 unspecified atom stereocenters. The van der Waals surface area contributed by atoms with E-state index in [1.54, 1.807) is 0 Å². The lowest BCUT2D eigenvalue weighted by atomic mass is 9.59. The molecule has 0 aliphatic heterocycles. The summed E-state index contributed by atoms with van der Waals surface area (Å²) in [7, 11) is 0. The number of fused-ring (bicyclic) bond motifs is 5. The molecular weight excluding hydrogens is 196 g/mol. The van der Waals surface area contributed by atoms with Crippen LogP contribution in [0.5, 0.6) is 0 Å². The highest BCUT2D eigenvalue weighted by Gasteiger charge is 2.72. The first-order valence-corrected chi connectivity index (χ1v) is 6.73. The zero-order valence-corrected chi connectivity index (χ0v) is 10.8. The summed E-state index contributed by atoms with van der Waals surface area (Å²) in [5.74, 6) is 0.360. The van der Waals surface area contributed by atoms with Gasteiger partial charge in [-0.2, -0.15) is 0 Å². The van der Waals surface area contributed by atoms with Crippen LogP contribution in [-0.4, -0.2) is 11.2 Å². The first kappa shape index (κ1) is 10.8. The van der Waals surface area contributed by atoms with Crippen molar-refractivity contribution in [2.75, 3.05) is 0 Å². The average Bonchev–Trinajstić information content (AvgIpc) is 2.55. The van der Waals surface area contributed by atoms with Crippen molar-refractivity contribution in [3.8, 4) is 0 Å². The third-order valence-corrected chi connectivity index (χ3v) is 6.95. The topological polar surface area (TPSA) is 20.2 Å². The van der Waals surface area contributed by atoms with E-state index in [2.05, 4.69) is 27.4 Å². The number of hydrogen-bond acceptors (Lipinski definition) is 1. The van der Waals surface area contributed by atoms with Gasteiger partial charge in [0.25, 0.3) is 0 Å². The molecule has 3 rings (SSSR count). The molecule has 16 heavy (non-hydrogen) atoms. The average molecular weight is 220 g/mol. The van der Waals surface area contributed by atoms with Crippen LogP contribution >= 0.6 is 0 Å². The van der Waals surface area contributed by atoms with Crippen molar-refractivity contribution in [1.82, 2.24) is 0 Å². The molecule has 0 aromatic rings. The minimum absolute atomic E-state index is 0.129. The third-order valence-electron chi connectivity index (χ3n) is 6.95. The molecule has 3 fully saturated rings. The maximum Gasteiger partial charge on any atom is 0.0669 e. The SMILES string of the molecule is C=C1CC[C@@]2(C)[C@H](O)[C@H]1[C@]1(C)CCC[C@@]21C. The molecule has 3 aliphatic rings. The lowest BCUT2D eigenvalue weighted by molar-refractivity contribution is -0.0347. The highest BCUT2D eigenvalue weighted by molar-refractivity contribution is 5.29. The highest BCUT2D eigenvalue weighted by atomic mass is 16.3. The largest absolute Gasteiger partial charge is 0.392 e. The maximum atomic E-state index is 10.7. The van der Waals surface area contributed by atoms with E-state index in [1.807, 2.05) is 0 Å². The van der Waals surface area contributed by atoms with Crippen LogP contribution in [0.4, 0.5) is 0 Å². The molecule has 1 heteroatoms. The molecule has 0 radical (unpaired) electrons. The van der Waals surface area contributed by atoms with Gasteiger partial charge in [-0.05, 0) is 36.5 Å². The van der Waals surface area contributed by atoms with E-state index in [4.69, 9.17) is 0 Å². The van der Waals surface area contributed by atoms with Crippen molar-refractivity contribution >= 4 is 0 Å². The molecule has 1 nitrogen and oxygen atoms in total. The van der Waals surface area contributed by atoms with Crippen LogP contribution in [0, 0.1) is 22.2 Å². The van der Waals surface area contributed by atoms with Crippen LogP contribution in [0.1, 0.15) is 52.9 Å². The molecule has 0 saturated heterocycles. The summed E-state index contributed by atoms with van der Waals surface area (Å²) in [6.45, 7) is 11.4. The van der Waals surface area contributed by atoms with Gasteiger partial charge in [0.05, 0.1) is 6.10 Å². The van der Waals surface area contributed by atoms with Gasteiger partial charge < -0.3 is 5.11 Å². The summed E-state index contributed by atoms with van der Waals surface area (Å²) < 4.78 is 0. The molecule has 0 aromatic carbocycles. The van der Waals surface area contributed by atoms with E-state index in [9.17, 15) is 5.11 Å². The summed E-state index contributed by atoms with van der Waals surface area (Å²) in [6, 6.07) is 0. The first-order valence-electron chi connectivity index (χ1n) is 6.73. The number of aliphatic hydroxyl groups is 1. The second-order valence-corrected chi connectivity index (χ2v) is 7.10. The standard InChI is InChI=1S/C15H24O/c1-10-6-9-14(3)12(16)11(10)13(2)7-5-8-15(13,14)4/h11-12,16H,1,5-9H2,2-4H3/t11-,12+,13-,14-,15+/m0/s1. The Labute approximate surface area is 98.9 Å². The molecular formula is C15H24O. The molecule has 0 heterocycles. The fraction of sp³-hybridized carbons (Fsp3) is 0.867. The Hall–Kier alpha value is -0.300. The first-order chi connectivity index (χ1) is 7.37. The molecule has 0 aromatic heterocycles. The van der Waals surface area contributed by atoms with Gasteiger partial charge in [0.2, 0.25) is 0 Å². The summed E-state index contributed by atoms with van der Waals surface area (Å²) >= 11 is 0. The van der Waals surface area contributed by atoms with Crippen LogP contribution in [0.2, 0.25) is 0 Å². The zero-order chi connectivity index (χ0) is 11.8. The Morgan fingerprint density at radius 3 is 2.50 bits per heavy atom. The van der Waals surface area contributed by atoms with E-state index < -0.39 is 0 Å². The fourth-order valence-corrected chi connectivity index (χ4v) is 5.52. The van der Waals surface area contributed by atoms with E-state index in [0.29, 0.717) is 16.7 Å². The lowest BCUT2D eigenvalue weighted by Crippen LogP contribution is -2.43. The number of aliphatic hydroxyl groups excluding tert-OH is 1.